The molecule has 2 aromatic heterocycles. The number of aliphatic carboxylic acids is 1. The minimum atomic E-state index is -1.05. The SMILES string of the molecule is CC(NC(=O)c1ccnn1C(C)C(=O)O)c1ccc(-n2cccc2)cc1. The zero-order chi connectivity index (χ0) is 18.7. The van der Waals surface area contributed by atoms with Crippen LogP contribution in [-0.2, 0) is 4.79 Å². The van der Waals surface area contributed by atoms with Gasteiger partial charge in [0.1, 0.15) is 11.7 Å². The molecule has 7 heteroatoms. The van der Waals surface area contributed by atoms with Gasteiger partial charge in [-0.2, -0.15) is 5.10 Å². The monoisotopic (exact) mass is 352 g/mol. The lowest BCUT2D eigenvalue weighted by Gasteiger charge is -2.17. The summed E-state index contributed by atoms with van der Waals surface area (Å²) in [5.74, 6) is -1.41. The Labute approximate surface area is 150 Å². The molecule has 3 aromatic rings. The summed E-state index contributed by atoms with van der Waals surface area (Å²) >= 11 is 0. The molecule has 2 atom stereocenters. The van der Waals surface area contributed by atoms with Crippen LogP contribution in [0.2, 0.25) is 0 Å². The van der Waals surface area contributed by atoms with Gasteiger partial charge in [-0.3, -0.25) is 4.79 Å². The fraction of sp³-hybridized carbons (Fsp3) is 0.211. The van der Waals surface area contributed by atoms with E-state index in [2.05, 4.69) is 10.4 Å². The maximum atomic E-state index is 12.5. The summed E-state index contributed by atoms with van der Waals surface area (Å²) in [5.41, 5.74) is 2.20. The molecule has 0 saturated carbocycles. The van der Waals surface area contributed by atoms with Crippen molar-refractivity contribution in [2.45, 2.75) is 25.9 Å². The van der Waals surface area contributed by atoms with Crippen molar-refractivity contribution in [3.63, 3.8) is 0 Å². The van der Waals surface area contributed by atoms with Crippen LogP contribution in [0.4, 0.5) is 0 Å². The summed E-state index contributed by atoms with van der Waals surface area (Å²) in [4.78, 5) is 23.7. The zero-order valence-electron chi connectivity index (χ0n) is 14.5. The number of carboxylic acids is 1. The topological polar surface area (TPSA) is 89.2 Å². The van der Waals surface area contributed by atoms with Crippen LogP contribution in [0.25, 0.3) is 5.69 Å². The third-order valence-electron chi connectivity index (χ3n) is 4.27. The van der Waals surface area contributed by atoms with Crippen LogP contribution in [0.3, 0.4) is 0 Å². The lowest BCUT2D eigenvalue weighted by Crippen LogP contribution is -2.30. The number of aromatic nitrogens is 3. The summed E-state index contributed by atoms with van der Waals surface area (Å²) in [5, 5.41) is 16.0. The number of rotatable bonds is 6. The van der Waals surface area contributed by atoms with Crippen molar-refractivity contribution in [2.24, 2.45) is 0 Å². The molecular formula is C19H20N4O3. The molecule has 0 aliphatic rings. The molecule has 0 aliphatic heterocycles. The Hall–Kier alpha value is -3.35. The summed E-state index contributed by atoms with van der Waals surface area (Å²) in [7, 11) is 0. The molecule has 3 rings (SSSR count). The average Bonchev–Trinajstić information content (AvgIpc) is 3.32. The van der Waals surface area contributed by atoms with Crippen molar-refractivity contribution in [3.8, 4) is 5.69 Å². The summed E-state index contributed by atoms with van der Waals surface area (Å²) < 4.78 is 3.21. The normalized spacial score (nSPS) is 13.2. The van der Waals surface area contributed by atoms with Gasteiger partial charge in [-0.1, -0.05) is 12.1 Å². The first kappa shape index (κ1) is 17.5. The molecule has 1 aromatic carbocycles. The number of nitrogens with one attached hydrogen (secondary N) is 1. The number of amides is 1. The van der Waals surface area contributed by atoms with Gasteiger partial charge in [0.25, 0.3) is 5.91 Å². The molecule has 0 saturated heterocycles. The van der Waals surface area contributed by atoms with Crippen molar-refractivity contribution in [3.05, 3.63) is 72.3 Å². The van der Waals surface area contributed by atoms with E-state index in [4.69, 9.17) is 5.11 Å². The van der Waals surface area contributed by atoms with Crippen LogP contribution < -0.4 is 5.32 Å². The molecule has 0 fully saturated rings. The molecule has 7 nitrogen and oxygen atoms in total. The van der Waals surface area contributed by atoms with Crippen LogP contribution in [0.1, 0.15) is 42.0 Å². The van der Waals surface area contributed by atoms with E-state index in [-0.39, 0.29) is 17.6 Å². The average molecular weight is 352 g/mol. The van der Waals surface area contributed by atoms with E-state index >= 15 is 0 Å². The Morgan fingerprint density at radius 2 is 1.73 bits per heavy atom. The van der Waals surface area contributed by atoms with Gasteiger partial charge >= 0.3 is 5.97 Å². The van der Waals surface area contributed by atoms with Crippen molar-refractivity contribution in [2.75, 3.05) is 0 Å². The fourth-order valence-electron chi connectivity index (χ4n) is 2.70. The van der Waals surface area contributed by atoms with Gasteiger partial charge in [0.15, 0.2) is 0 Å². The second kappa shape index (κ2) is 7.26. The van der Waals surface area contributed by atoms with Gasteiger partial charge in [-0.25, -0.2) is 9.48 Å². The van der Waals surface area contributed by atoms with Gasteiger partial charge in [0.2, 0.25) is 0 Å². The molecule has 134 valence electrons. The van der Waals surface area contributed by atoms with Crippen molar-refractivity contribution in [1.29, 1.82) is 0 Å². The molecule has 0 aliphatic carbocycles. The molecule has 2 unspecified atom stereocenters. The molecule has 0 radical (unpaired) electrons. The van der Waals surface area contributed by atoms with Gasteiger partial charge in [0, 0.05) is 24.3 Å². The maximum Gasteiger partial charge on any atom is 0.328 e. The van der Waals surface area contributed by atoms with Crippen molar-refractivity contribution < 1.29 is 14.7 Å². The van der Waals surface area contributed by atoms with Crippen LogP contribution in [0.5, 0.6) is 0 Å². The number of carbonyl (C=O) groups is 2. The Morgan fingerprint density at radius 1 is 1.08 bits per heavy atom. The molecule has 0 spiro atoms. The molecule has 2 N–H and O–H groups in total. The number of nitrogens with zero attached hydrogens (tertiary/aromatic N) is 3. The van der Waals surface area contributed by atoms with Crippen LogP contribution >= 0.6 is 0 Å². The predicted molar refractivity (Wildman–Crippen MR) is 96.2 cm³/mol. The highest BCUT2D eigenvalue weighted by atomic mass is 16.4. The Morgan fingerprint density at radius 3 is 2.35 bits per heavy atom. The zero-order valence-corrected chi connectivity index (χ0v) is 14.5. The predicted octanol–water partition coefficient (Wildman–Crippen LogP) is 2.81. The van der Waals surface area contributed by atoms with Gasteiger partial charge in [0.05, 0.1) is 6.04 Å². The van der Waals surface area contributed by atoms with E-state index < -0.39 is 12.0 Å². The van der Waals surface area contributed by atoms with Gasteiger partial charge in [-0.05, 0) is 49.7 Å². The molecule has 26 heavy (non-hydrogen) atoms. The quantitative estimate of drug-likeness (QED) is 0.714. The second-order valence-electron chi connectivity index (χ2n) is 6.05. The van der Waals surface area contributed by atoms with E-state index in [0.29, 0.717) is 0 Å². The van der Waals surface area contributed by atoms with Crippen LogP contribution in [0.15, 0.2) is 61.1 Å². The Bertz CT molecular complexity index is 897. The number of hydrogen-bond acceptors (Lipinski definition) is 3. The Balaban J connectivity index is 1.72. The minimum absolute atomic E-state index is 0.218. The van der Waals surface area contributed by atoms with E-state index in [9.17, 15) is 9.59 Å². The van der Waals surface area contributed by atoms with Crippen LogP contribution in [-0.4, -0.2) is 31.3 Å². The van der Waals surface area contributed by atoms with E-state index in [1.807, 2.05) is 60.3 Å². The lowest BCUT2D eigenvalue weighted by atomic mass is 10.1. The summed E-state index contributed by atoms with van der Waals surface area (Å²) in [6, 6.07) is 12.2. The third kappa shape index (κ3) is 3.51. The molecule has 1 amide bonds. The maximum absolute atomic E-state index is 12.5. The van der Waals surface area contributed by atoms with E-state index in [0.717, 1.165) is 11.3 Å². The first-order valence-electron chi connectivity index (χ1n) is 8.28. The van der Waals surface area contributed by atoms with Crippen molar-refractivity contribution >= 4 is 11.9 Å². The fourth-order valence-corrected chi connectivity index (χ4v) is 2.70. The lowest BCUT2D eigenvalue weighted by molar-refractivity contribution is -0.140. The largest absolute Gasteiger partial charge is 0.480 e. The van der Waals surface area contributed by atoms with Gasteiger partial charge < -0.3 is 15.0 Å². The van der Waals surface area contributed by atoms with Gasteiger partial charge in [-0.15, -0.1) is 0 Å². The second-order valence-corrected chi connectivity index (χ2v) is 6.05. The van der Waals surface area contributed by atoms with Crippen molar-refractivity contribution in [1.82, 2.24) is 19.7 Å². The summed E-state index contributed by atoms with van der Waals surface area (Å²) in [6.07, 6.45) is 5.35. The Kier molecular flexibility index (Phi) is 4.88. The highest BCUT2D eigenvalue weighted by molar-refractivity contribution is 5.93. The molecule has 2 heterocycles. The standard InChI is InChI=1S/C19H20N4O3/c1-13(15-5-7-16(8-6-15)22-11-3-4-12-22)21-18(24)17-9-10-20-23(17)14(2)19(25)26/h3-14H,1-2H3,(H,21,24)(H,25,26). The highest BCUT2D eigenvalue weighted by Gasteiger charge is 2.22. The minimum Gasteiger partial charge on any atom is -0.480 e. The first-order valence-corrected chi connectivity index (χ1v) is 8.28. The van der Waals surface area contributed by atoms with E-state index in [1.54, 1.807) is 0 Å². The van der Waals surface area contributed by atoms with Crippen LogP contribution in [0, 0.1) is 0 Å². The molecular weight excluding hydrogens is 332 g/mol. The number of carbonyl (C=O) groups excluding carboxylic acids is 1. The number of benzene rings is 1. The highest BCUT2D eigenvalue weighted by Crippen LogP contribution is 2.17. The summed E-state index contributed by atoms with van der Waals surface area (Å²) in [6.45, 7) is 3.36. The number of carboxylic acid groups (broad SMARTS) is 1. The van der Waals surface area contributed by atoms with E-state index in [1.165, 1.54) is 23.9 Å². The first-order chi connectivity index (χ1) is 12.5. The third-order valence-corrected chi connectivity index (χ3v) is 4.27. The number of hydrogen-bond donors (Lipinski definition) is 2. The smallest absolute Gasteiger partial charge is 0.328 e. The molecule has 0 bridgehead atoms.